The molecule has 0 spiro atoms. The smallest absolute Gasteiger partial charge is 0.256 e. The molecule has 0 aliphatic carbocycles. The van der Waals surface area contributed by atoms with Crippen LogP contribution in [0.4, 0.5) is 0 Å². The lowest BCUT2D eigenvalue weighted by Crippen LogP contribution is -2.52. The van der Waals surface area contributed by atoms with E-state index in [1.165, 1.54) is 0 Å². The molecule has 0 saturated carbocycles. The van der Waals surface area contributed by atoms with Gasteiger partial charge in [0.25, 0.3) is 5.91 Å². The van der Waals surface area contributed by atoms with Crippen LogP contribution in [0, 0.1) is 0 Å². The first kappa shape index (κ1) is 12.2. The number of nitrogens with zero attached hydrogens (tertiary/aromatic N) is 2. The number of rotatable bonds is 1. The van der Waals surface area contributed by atoms with Crippen LogP contribution in [0.25, 0.3) is 5.52 Å². The molecule has 3 rings (SSSR count). The summed E-state index contributed by atoms with van der Waals surface area (Å²) in [6.07, 6.45) is 3.85. The van der Waals surface area contributed by atoms with Crippen molar-refractivity contribution in [3.05, 3.63) is 42.2 Å². The highest BCUT2D eigenvalue weighted by atomic mass is 16.5. The van der Waals surface area contributed by atoms with Crippen LogP contribution in [0.3, 0.4) is 0 Å². The molecule has 19 heavy (non-hydrogen) atoms. The van der Waals surface area contributed by atoms with Crippen molar-refractivity contribution in [3.8, 4) is 0 Å². The maximum absolute atomic E-state index is 12.6. The second-order valence-electron chi connectivity index (χ2n) is 5.21. The fourth-order valence-corrected chi connectivity index (χ4v) is 2.73. The van der Waals surface area contributed by atoms with Crippen LogP contribution >= 0.6 is 0 Å². The molecular weight excluding hydrogens is 240 g/mol. The Balaban J connectivity index is 1.94. The second-order valence-corrected chi connectivity index (χ2v) is 5.21. The predicted molar refractivity (Wildman–Crippen MR) is 73.3 cm³/mol. The summed E-state index contributed by atoms with van der Waals surface area (Å²) in [4.78, 5) is 14.6. The lowest BCUT2D eigenvalue weighted by Gasteiger charge is -2.38. The summed E-state index contributed by atoms with van der Waals surface area (Å²) >= 11 is 0. The van der Waals surface area contributed by atoms with E-state index in [0.29, 0.717) is 13.2 Å². The summed E-state index contributed by atoms with van der Waals surface area (Å²) in [5.41, 5.74) is 1.78. The van der Waals surface area contributed by atoms with Gasteiger partial charge in [-0.1, -0.05) is 6.07 Å². The Labute approximate surface area is 112 Å². The molecule has 3 heterocycles. The highest BCUT2D eigenvalue weighted by Gasteiger charge is 2.30. The van der Waals surface area contributed by atoms with Gasteiger partial charge in [0.2, 0.25) is 0 Å². The Hall–Kier alpha value is -1.81. The van der Waals surface area contributed by atoms with Gasteiger partial charge in [-0.25, -0.2) is 0 Å². The van der Waals surface area contributed by atoms with Crippen LogP contribution in [0.15, 0.2) is 36.7 Å². The topological polar surface area (TPSA) is 34.0 Å². The fraction of sp³-hybridized carbons (Fsp3) is 0.400. The zero-order valence-corrected chi connectivity index (χ0v) is 11.2. The first-order valence-corrected chi connectivity index (χ1v) is 6.64. The van der Waals surface area contributed by atoms with E-state index in [1.807, 2.05) is 59.8 Å². The zero-order chi connectivity index (χ0) is 13.4. The normalized spacial score (nSPS) is 23.8. The number of carbonyl (C=O) groups is 1. The number of aromatic nitrogens is 1. The van der Waals surface area contributed by atoms with E-state index in [0.717, 1.165) is 11.1 Å². The quantitative estimate of drug-likeness (QED) is 0.785. The molecule has 0 aromatic carbocycles. The standard InChI is InChI=1S/C15H18N2O2/c1-11-9-19-10-12(2)17(11)15(18)13-7-14-5-3-4-6-16(14)8-13/h3-8,11-12H,9-10H2,1-2H3. The van der Waals surface area contributed by atoms with E-state index in [2.05, 4.69) is 0 Å². The first-order valence-electron chi connectivity index (χ1n) is 6.64. The summed E-state index contributed by atoms with van der Waals surface area (Å²) in [5.74, 6) is 0.0898. The molecule has 1 fully saturated rings. The van der Waals surface area contributed by atoms with Crippen molar-refractivity contribution in [3.63, 3.8) is 0 Å². The third kappa shape index (κ3) is 2.12. The molecule has 2 aromatic rings. The van der Waals surface area contributed by atoms with Gasteiger partial charge < -0.3 is 14.0 Å². The van der Waals surface area contributed by atoms with Crippen LogP contribution in [-0.4, -0.2) is 40.5 Å². The molecular formula is C15H18N2O2. The molecule has 1 aliphatic rings. The molecule has 1 saturated heterocycles. The summed E-state index contributed by atoms with van der Waals surface area (Å²) in [6, 6.07) is 8.13. The maximum atomic E-state index is 12.6. The van der Waals surface area contributed by atoms with E-state index >= 15 is 0 Å². The SMILES string of the molecule is CC1COCC(C)N1C(=O)c1cc2ccccn2c1. The van der Waals surface area contributed by atoms with Crippen LogP contribution in [0.5, 0.6) is 0 Å². The number of fused-ring (bicyclic) bond motifs is 1. The summed E-state index contributed by atoms with van der Waals surface area (Å²) in [6.45, 7) is 5.29. The van der Waals surface area contributed by atoms with Crippen LogP contribution in [0.1, 0.15) is 24.2 Å². The second kappa shape index (κ2) is 4.70. The summed E-state index contributed by atoms with van der Waals surface area (Å²) in [5, 5.41) is 0. The Morgan fingerprint density at radius 3 is 2.68 bits per heavy atom. The average molecular weight is 258 g/mol. The number of ether oxygens (including phenoxy) is 1. The van der Waals surface area contributed by atoms with Crippen molar-refractivity contribution in [1.82, 2.24) is 9.30 Å². The number of hydrogen-bond acceptors (Lipinski definition) is 2. The van der Waals surface area contributed by atoms with Gasteiger partial charge in [-0.15, -0.1) is 0 Å². The van der Waals surface area contributed by atoms with Gasteiger partial charge in [0.1, 0.15) is 0 Å². The van der Waals surface area contributed by atoms with Crippen LogP contribution < -0.4 is 0 Å². The van der Waals surface area contributed by atoms with Gasteiger partial charge in [-0.3, -0.25) is 4.79 Å². The minimum atomic E-state index is 0.0898. The largest absolute Gasteiger partial charge is 0.377 e. The van der Waals surface area contributed by atoms with Gasteiger partial charge in [0, 0.05) is 17.9 Å². The van der Waals surface area contributed by atoms with Crippen molar-refractivity contribution in [2.45, 2.75) is 25.9 Å². The van der Waals surface area contributed by atoms with Crippen molar-refractivity contribution >= 4 is 11.4 Å². The highest BCUT2D eigenvalue weighted by molar-refractivity contribution is 5.96. The maximum Gasteiger partial charge on any atom is 0.256 e. The number of amides is 1. The molecule has 4 nitrogen and oxygen atoms in total. The first-order chi connectivity index (χ1) is 9.16. The van der Waals surface area contributed by atoms with Crippen molar-refractivity contribution in [2.24, 2.45) is 0 Å². The van der Waals surface area contributed by atoms with Crippen LogP contribution in [-0.2, 0) is 4.74 Å². The number of morpholine rings is 1. The van der Waals surface area contributed by atoms with E-state index in [1.54, 1.807) is 0 Å². The molecule has 1 aliphatic heterocycles. The lowest BCUT2D eigenvalue weighted by molar-refractivity contribution is -0.0249. The minimum Gasteiger partial charge on any atom is -0.377 e. The highest BCUT2D eigenvalue weighted by Crippen LogP contribution is 2.19. The molecule has 0 bridgehead atoms. The molecule has 1 amide bonds. The van der Waals surface area contributed by atoms with Crippen molar-refractivity contribution in [1.29, 1.82) is 0 Å². The Morgan fingerprint density at radius 2 is 2.00 bits per heavy atom. The molecule has 0 N–H and O–H groups in total. The van der Waals surface area contributed by atoms with E-state index < -0.39 is 0 Å². The molecule has 2 atom stereocenters. The number of pyridine rings is 1. The van der Waals surface area contributed by atoms with E-state index in [-0.39, 0.29) is 18.0 Å². The molecule has 2 unspecified atom stereocenters. The summed E-state index contributed by atoms with van der Waals surface area (Å²) < 4.78 is 7.45. The Kier molecular flexibility index (Phi) is 3.03. The van der Waals surface area contributed by atoms with Crippen molar-refractivity contribution < 1.29 is 9.53 Å². The van der Waals surface area contributed by atoms with Gasteiger partial charge in [-0.2, -0.15) is 0 Å². The zero-order valence-electron chi connectivity index (χ0n) is 11.2. The third-order valence-electron chi connectivity index (χ3n) is 3.65. The van der Waals surface area contributed by atoms with Crippen LogP contribution in [0.2, 0.25) is 0 Å². The number of carbonyl (C=O) groups excluding carboxylic acids is 1. The lowest BCUT2D eigenvalue weighted by atomic mass is 10.1. The van der Waals surface area contributed by atoms with E-state index in [4.69, 9.17) is 4.74 Å². The van der Waals surface area contributed by atoms with Gasteiger partial charge >= 0.3 is 0 Å². The number of hydrogen-bond donors (Lipinski definition) is 0. The molecule has 4 heteroatoms. The average Bonchev–Trinajstić information content (AvgIpc) is 2.82. The van der Waals surface area contributed by atoms with Gasteiger partial charge in [0.05, 0.1) is 30.9 Å². The summed E-state index contributed by atoms with van der Waals surface area (Å²) in [7, 11) is 0. The minimum absolute atomic E-state index is 0.0898. The molecule has 0 radical (unpaired) electrons. The predicted octanol–water partition coefficient (Wildman–Crippen LogP) is 2.19. The van der Waals surface area contributed by atoms with Crippen molar-refractivity contribution in [2.75, 3.05) is 13.2 Å². The Bertz CT molecular complexity index is 562. The fourth-order valence-electron chi connectivity index (χ4n) is 2.73. The third-order valence-corrected chi connectivity index (χ3v) is 3.65. The molecule has 100 valence electrons. The van der Waals surface area contributed by atoms with Gasteiger partial charge in [-0.05, 0) is 32.0 Å². The van der Waals surface area contributed by atoms with Gasteiger partial charge in [0.15, 0.2) is 0 Å². The molecule has 2 aromatic heterocycles. The van der Waals surface area contributed by atoms with E-state index in [9.17, 15) is 4.79 Å². The Morgan fingerprint density at radius 1 is 1.26 bits per heavy atom. The monoisotopic (exact) mass is 258 g/mol.